The Balaban J connectivity index is 1.07. The van der Waals surface area contributed by atoms with Crippen LogP contribution in [0.3, 0.4) is 0 Å². The number of rotatable bonds is 5. The number of ether oxygens (including phenoxy) is 2. The van der Waals surface area contributed by atoms with Gasteiger partial charge in [0.25, 0.3) is 13.4 Å². The monoisotopic (exact) mass is 1080 g/mol. The Labute approximate surface area is 494 Å². The molecular weight excluding hydrogens is 1020 g/mol. The van der Waals surface area contributed by atoms with E-state index in [1.54, 1.807) is 0 Å². The lowest BCUT2D eigenvalue weighted by Crippen LogP contribution is -2.63. The summed E-state index contributed by atoms with van der Waals surface area (Å²) in [6.45, 7) is 22.1. The molecule has 11 aromatic carbocycles. The fraction of sp³-hybridized carbons (Fsp3) is 0.154. The number of hydrogen-bond donors (Lipinski definition) is 0. The van der Waals surface area contributed by atoms with Gasteiger partial charge in [-0.2, -0.15) is 0 Å². The van der Waals surface area contributed by atoms with Gasteiger partial charge in [-0.15, -0.1) is 0 Å². The molecule has 0 aliphatic carbocycles. The van der Waals surface area contributed by atoms with Crippen molar-refractivity contribution in [3.63, 3.8) is 0 Å². The molecule has 0 amide bonds. The van der Waals surface area contributed by atoms with Crippen LogP contribution in [0.25, 0.3) is 72.0 Å². The van der Waals surface area contributed by atoms with E-state index >= 15 is 0 Å². The maximum Gasteiger partial charge on any atom is 0.256 e. The van der Waals surface area contributed by atoms with Gasteiger partial charge >= 0.3 is 0 Å². The topological polar surface area (TPSA) is 26.6 Å². The molecule has 0 N–H and O–H groups in total. The SMILES string of the molecule is Cc1ccc(-c2ccc(N3c4ccc(-c5ccc(C)cc5)cc4B4c5cc(C(C)(C)C)ccc5Oc5c4c3c3c4c5-n5c6ccc(-c7ccc(C)cc7)cc6c6cc(-c7ccc(C)cc7)cc(c65)B4c4cc(C(C)(C)C)ccc4O3)cc2)cc1. The van der Waals surface area contributed by atoms with Crippen molar-refractivity contribution in [3.8, 4) is 73.2 Å². The van der Waals surface area contributed by atoms with Crippen LogP contribution in [0.5, 0.6) is 23.0 Å². The molecule has 4 aliphatic heterocycles. The van der Waals surface area contributed by atoms with Gasteiger partial charge in [-0.3, -0.25) is 0 Å². The van der Waals surface area contributed by atoms with Gasteiger partial charge in [-0.05, 0) is 165 Å². The van der Waals surface area contributed by atoms with Crippen molar-refractivity contribution < 1.29 is 9.47 Å². The molecule has 12 aromatic rings. The third-order valence-electron chi connectivity index (χ3n) is 18.7. The van der Waals surface area contributed by atoms with Crippen LogP contribution in [0.4, 0.5) is 17.1 Å². The smallest absolute Gasteiger partial charge is 0.256 e. The number of nitrogens with zero attached hydrogens (tertiary/aromatic N) is 2. The Morgan fingerprint density at radius 3 is 1.27 bits per heavy atom. The molecule has 404 valence electrons. The van der Waals surface area contributed by atoms with E-state index in [0.717, 1.165) is 73.1 Å². The Morgan fingerprint density at radius 2 is 0.750 bits per heavy atom. The zero-order chi connectivity index (χ0) is 57.2. The lowest BCUT2D eigenvalue weighted by molar-refractivity contribution is 0.473. The maximum atomic E-state index is 7.91. The first-order chi connectivity index (χ1) is 40.5. The molecule has 4 nitrogen and oxygen atoms in total. The lowest BCUT2D eigenvalue weighted by atomic mass is 9.31. The van der Waals surface area contributed by atoms with Crippen LogP contribution < -0.4 is 47.2 Å². The van der Waals surface area contributed by atoms with Crippen LogP contribution in [0.15, 0.2) is 206 Å². The Kier molecular flexibility index (Phi) is 10.9. The van der Waals surface area contributed by atoms with E-state index in [0.29, 0.717) is 0 Å². The zero-order valence-corrected chi connectivity index (χ0v) is 49.5. The second kappa shape index (κ2) is 18.1. The largest absolute Gasteiger partial charge is 0.456 e. The van der Waals surface area contributed by atoms with Gasteiger partial charge in [0.1, 0.15) is 23.0 Å². The van der Waals surface area contributed by atoms with Gasteiger partial charge in [0.15, 0.2) is 0 Å². The van der Waals surface area contributed by atoms with Gasteiger partial charge in [-0.1, -0.05) is 222 Å². The van der Waals surface area contributed by atoms with Crippen LogP contribution in [-0.2, 0) is 10.8 Å². The number of aromatic nitrogens is 1. The third kappa shape index (κ3) is 7.69. The predicted molar refractivity (Wildman–Crippen MR) is 356 cm³/mol. The van der Waals surface area contributed by atoms with Gasteiger partial charge in [0.05, 0.1) is 16.9 Å². The summed E-state index contributed by atoms with van der Waals surface area (Å²) in [5.74, 6) is 3.49. The number of aryl methyl sites for hydroxylation is 4. The van der Waals surface area contributed by atoms with Crippen molar-refractivity contribution in [2.45, 2.75) is 80.1 Å². The first-order valence-electron chi connectivity index (χ1n) is 29.9. The normalized spacial score (nSPS) is 13.5. The van der Waals surface area contributed by atoms with Crippen LogP contribution in [0.1, 0.15) is 74.9 Å². The van der Waals surface area contributed by atoms with Gasteiger partial charge in [-0.25, -0.2) is 0 Å². The number of benzene rings is 11. The molecule has 5 heterocycles. The molecule has 0 spiro atoms. The molecule has 4 aliphatic rings. The molecule has 6 heteroatoms. The first-order valence-corrected chi connectivity index (χ1v) is 29.9. The van der Waals surface area contributed by atoms with E-state index in [1.807, 2.05) is 0 Å². The predicted octanol–water partition coefficient (Wildman–Crippen LogP) is 16.6. The minimum absolute atomic E-state index is 0.118. The molecule has 84 heavy (non-hydrogen) atoms. The molecule has 0 unspecified atom stereocenters. The van der Waals surface area contributed by atoms with E-state index < -0.39 is 0 Å². The number of fused-ring (bicyclic) bond motifs is 13. The summed E-state index contributed by atoms with van der Waals surface area (Å²) in [7, 11) is 0. The Morgan fingerprint density at radius 1 is 0.345 bits per heavy atom. The average Bonchev–Trinajstić information content (AvgIpc) is 1.18. The fourth-order valence-electron chi connectivity index (χ4n) is 14.1. The molecule has 0 atom stereocenters. The summed E-state index contributed by atoms with van der Waals surface area (Å²) in [6.07, 6.45) is 0. The molecule has 16 rings (SSSR count). The van der Waals surface area contributed by atoms with E-state index in [2.05, 4.69) is 285 Å². The van der Waals surface area contributed by atoms with Gasteiger partial charge in [0, 0.05) is 38.6 Å². The molecule has 0 bridgehead atoms. The van der Waals surface area contributed by atoms with E-state index in [9.17, 15) is 0 Å². The number of hydrogen-bond acceptors (Lipinski definition) is 3. The standard InChI is InChI=1S/C78H64B2N2O2/c1-45-11-19-49(20-12-45)50-27-33-59(34-28-50)81-67-36-30-55(52-23-15-47(3)16-24-52)41-62(67)79-63-43-57(77(5,6)7)31-37-68(63)84-76-70(79)73(81)75-71-74(76)82-66-35-29-54(51-21-13-46(2)14-22-51)39-60(66)61-40-56(53-25-17-48(4)18-26-53)42-65(72(61)82)80(71)64-44-58(78(8,9)10)32-38-69(64)83-75/h11-44H,1-10H3. The van der Waals surface area contributed by atoms with Crippen molar-refractivity contribution >= 4 is 85.1 Å². The maximum absolute atomic E-state index is 7.91. The minimum atomic E-state index is -0.230. The zero-order valence-electron chi connectivity index (χ0n) is 49.5. The summed E-state index contributed by atoms with van der Waals surface area (Å²) in [6, 6.07) is 78.3. The van der Waals surface area contributed by atoms with Crippen molar-refractivity contribution in [2.24, 2.45) is 0 Å². The summed E-state index contributed by atoms with van der Waals surface area (Å²) in [5.41, 5.74) is 30.3. The van der Waals surface area contributed by atoms with Gasteiger partial charge in [0.2, 0.25) is 0 Å². The second-order valence-corrected chi connectivity index (χ2v) is 26.4. The molecule has 0 saturated heterocycles. The minimum Gasteiger partial charge on any atom is -0.456 e. The van der Waals surface area contributed by atoms with Crippen molar-refractivity contribution in [3.05, 3.63) is 240 Å². The summed E-state index contributed by atoms with van der Waals surface area (Å²) >= 11 is 0. The number of anilines is 3. The molecular formula is C78H64B2N2O2. The highest BCUT2D eigenvalue weighted by atomic mass is 16.5. The first kappa shape index (κ1) is 50.5. The Hall–Kier alpha value is -9.25. The summed E-state index contributed by atoms with van der Waals surface area (Å²) in [4.78, 5) is 2.51. The Bertz CT molecular complexity index is 4750. The van der Waals surface area contributed by atoms with Crippen molar-refractivity contribution in [2.75, 3.05) is 4.90 Å². The molecule has 1 aromatic heterocycles. The lowest BCUT2D eigenvalue weighted by Gasteiger charge is -2.45. The quantitative estimate of drug-likeness (QED) is 0.161. The second-order valence-electron chi connectivity index (χ2n) is 26.4. The van der Waals surface area contributed by atoms with Gasteiger partial charge < -0.3 is 18.9 Å². The highest BCUT2D eigenvalue weighted by Crippen LogP contribution is 2.52. The van der Waals surface area contributed by atoms with Crippen LogP contribution in [0, 0.1) is 27.7 Å². The van der Waals surface area contributed by atoms with Crippen LogP contribution in [-0.4, -0.2) is 18.0 Å². The van der Waals surface area contributed by atoms with Crippen molar-refractivity contribution in [1.29, 1.82) is 0 Å². The molecule has 0 radical (unpaired) electrons. The fourth-order valence-corrected chi connectivity index (χ4v) is 14.1. The highest BCUT2D eigenvalue weighted by molar-refractivity contribution is 7.02. The third-order valence-corrected chi connectivity index (χ3v) is 18.7. The van der Waals surface area contributed by atoms with Crippen LogP contribution in [0.2, 0.25) is 0 Å². The van der Waals surface area contributed by atoms with E-state index in [1.165, 1.54) is 105 Å². The van der Waals surface area contributed by atoms with E-state index in [-0.39, 0.29) is 24.3 Å². The molecule has 0 saturated carbocycles. The average molecular weight is 1080 g/mol. The summed E-state index contributed by atoms with van der Waals surface area (Å²) < 4.78 is 18.4. The van der Waals surface area contributed by atoms with Crippen molar-refractivity contribution in [1.82, 2.24) is 4.57 Å². The van der Waals surface area contributed by atoms with E-state index in [4.69, 9.17) is 9.47 Å². The highest BCUT2D eigenvalue weighted by Gasteiger charge is 2.52. The molecule has 0 fully saturated rings. The van der Waals surface area contributed by atoms with Crippen LogP contribution >= 0.6 is 0 Å². The summed E-state index contributed by atoms with van der Waals surface area (Å²) in [5, 5.41) is 2.42.